The van der Waals surface area contributed by atoms with Crippen LogP contribution in [0.25, 0.3) is 11.5 Å². The van der Waals surface area contributed by atoms with Crippen LogP contribution in [0.5, 0.6) is 0 Å². The van der Waals surface area contributed by atoms with Crippen LogP contribution in [-0.4, -0.2) is 31.6 Å². The molecular weight excluding hydrogens is 488 g/mol. The van der Waals surface area contributed by atoms with E-state index >= 15 is 0 Å². The Labute approximate surface area is 210 Å². The SMILES string of the molecule is CCC(C(=O)Nc1cc(NC(=O)O)ccc1C)n1cc(F)cc2nc(SCc3ccc(F)cc3)nc1-2. The molecule has 2 aliphatic rings. The summed E-state index contributed by atoms with van der Waals surface area (Å²) in [5, 5.41) is 14.4. The Morgan fingerprint density at radius 2 is 1.81 bits per heavy atom. The van der Waals surface area contributed by atoms with Gasteiger partial charge in [-0.05, 0) is 48.7 Å². The maximum absolute atomic E-state index is 14.5. The smallest absolute Gasteiger partial charge is 0.409 e. The van der Waals surface area contributed by atoms with E-state index in [2.05, 4.69) is 20.6 Å². The molecule has 1 unspecified atom stereocenters. The summed E-state index contributed by atoms with van der Waals surface area (Å²) < 4.78 is 29.1. The van der Waals surface area contributed by atoms with Gasteiger partial charge < -0.3 is 15.0 Å². The number of pyridine rings is 1. The van der Waals surface area contributed by atoms with Crippen molar-refractivity contribution in [3.05, 3.63) is 77.5 Å². The normalized spacial score (nSPS) is 11.9. The third kappa shape index (κ3) is 5.80. The number of carboxylic acid groups (broad SMARTS) is 1. The van der Waals surface area contributed by atoms with E-state index in [-0.39, 0.29) is 5.82 Å². The fourth-order valence-electron chi connectivity index (χ4n) is 3.69. The first-order valence-corrected chi connectivity index (χ1v) is 12.1. The highest BCUT2D eigenvalue weighted by atomic mass is 32.2. The Morgan fingerprint density at radius 1 is 1.06 bits per heavy atom. The highest BCUT2D eigenvalue weighted by Gasteiger charge is 2.26. The number of hydrogen-bond acceptors (Lipinski definition) is 5. The molecule has 0 spiro atoms. The van der Waals surface area contributed by atoms with Gasteiger partial charge in [0.25, 0.3) is 0 Å². The highest BCUT2D eigenvalue weighted by Crippen LogP contribution is 2.31. The second-order valence-corrected chi connectivity index (χ2v) is 9.01. The zero-order valence-corrected chi connectivity index (χ0v) is 20.3. The van der Waals surface area contributed by atoms with E-state index < -0.39 is 23.9 Å². The average molecular weight is 512 g/mol. The Bertz CT molecular complexity index is 1380. The number of fused-ring (bicyclic) bond motifs is 1. The molecule has 1 atom stereocenters. The van der Waals surface area contributed by atoms with Gasteiger partial charge in [-0.1, -0.05) is 36.9 Å². The largest absolute Gasteiger partial charge is 0.465 e. The number of amides is 2. The van der Waals surface area contributed by atoms with Crippen molar-refractivity contribution in [1.82, 2.24) is 14.5 Å². The molecule has 0 saturated heterocycles. The number of anilines is 2. The molecule has 0 aromatic heterocycles. The maximum Gasteiger partial charge on any atom is 0.409 e. The van der Waals surface area contributed by atoms with E-state index in [0.29, 0.717) is 40.2 Å². The van der Waals surface area contributed by atoms with Crippen LogP contribution in [0.3, 0.4) is 0 Å². The number of nitrogens with zero attached hydrogens (tertiary/aromatic N) is 3. The van der Waals surface area contributed by atoms with Gasteiger partial charge in [0, 0.05) is 29.4 Å². The third-order valence-electron chi connectivity index (χ3n) is 5.48. The predicted molar refractivity (Wildman–Crippen MR) is 133 cm³/mol. The Hall–Kier alpha value is -3.99. The average Bonchev–Trinajstić information content (AvgIpc) is 3.24. The number of nitrogens with one attached hydrogen (secondary N) is 2. The van der Waals surface area contributed by atoms with E-state index in [1.807, 2.05) is 0 Å². The van der Waals surface area contributed by atoms with Crippen LogP contribution in [-0.2, 0) is 10.5 Å². The van der Waals surface area contributed by atoms with Crippen molar-refractivity contribution in [3.8, 4) is 11.5 Å². The van der Waals surface area contributed by atoms with E-state index in [1.54, 1.807) is 38.1 Å². The molecular formula is C25H23F2N5O3S. The standard InChI is InChI=1S/C25H23F2N5O3S/c1-3-21(23(33)29-19-11-18(28-25(34)35)9-4-14(19)2)32-12-17(27)10-20-22(32)31-24(30-20)36-13-15-5-7-16(26)8-6-15/h4-12,21,28H,3,13H2,1-2H3,(H,29,33)(H,34,35). The van der Waals surface area contributed by atoms with E-state index in [4.69, 9.17) is 5.11 Å². The third-order valence-corrected chi connectivity index (χ3v) is 6.40. The van der Waals surface area contributed by atoms with Gasteiger partial charge in [-0.25, -0.2) is 23.5 Å². The summed E-state index contributed by atoms with van der Waals surface area (Å²) in [5.41, 5.74) is 2.67. The summed E-state index contributed by atoms with van der Waals surface area (Å²) in [6, 6.07) is 11.3. The first-order valence-electron chi connectivity index (χ1n) is 11.1. The number of thioether (sulfide) groups is 1. The first-order chi connectivity index (χ1) is 17.2. The van der Waals surface area contributed by atoms with Crippen LogP contribution in [0.2, 0.25) is 0 Å². The predicted octanol–water partition coefficient (Wildman–Crippen LogP) is 5.94. The minimum atomic E-state index is -1.22. The van der Waals surface area contributed by atoms with Crippen molar-refractivity contribution in [1.29, 1.82) is 0 Å². The molecule has 2 aromatic carbocycles. The molecule has 2 heterocycles. The van der Waals surface area contributed by atoms with Gasteiger partial charge in [-0.3, -0.25) is 10.1 Å². The molecule has 2 aromatic rings. The molecule has 2 amide bonds. The maximum atomic E-state index is 14.5. The van der Waals surface area contributed by atoms with Crippen molar-refractivity contribution < 1.29 is 23.5 Å². The molecule has 36 heavy (non-hydrogen) atoms. The topological polar surface area (TPSA) is 109 Å². The van der Waals surface area contributed by atoms with Crippen molar-refractivity contribution in [2.24, 2.45) is 0 Å². The fourth-order valence-corrected chi connectivity index (χ4v) is 4.49. The van der Waals surface area contributed by atoms with Crippen molar-refractivity contribution in [2.75, 3.05) is 10.6 Å². The molecule has 3 N–H and O–H groups in total. The molecule has 186 valence electrons. The number of halogens is 2. The monoisotopic (exact) mass is 511 g/mol. The van der Waals surface area contributed by atoms with Crippen molar-refractivity contribution in [3.63, 3.8) is 0 Å². The molecule has 4 rings (SSSR count). The minimum absolute atomic E-state index is 0.307. The summed E-state index contributed by atoms with van der Waals surface area (Å²) in [6.07, 6.45) is 0.337. The summed E-state index contributed by atoms with van der Waals surface area (Å²) in [4.78, 5) is 33.1. The lowest BCUT2D eigenvalue weighted by molar-refractivity contribution is -0.119. The molecule has 0 bridgehead atoms. The molecule has 0 radical (unpaired) electrons. The van der Waals surface area contributed by atoms with Gasteiger partial charge in [0.1, 0.15) is 23.4 Å². The number of rotatable bonds is 8. The number of carbonyl (C=O) groups is 2. The number of aryl methyl sites for hydroxylation is 1. The lowest BCUT2D eigenvalue weighted by atomic mass is 10.1. The van der Waals surface area contributed by atoms with Crippen molar-refractivity contribution >= 4 is 35.1 Å². The van der Waals surface area contributed by atoms with Crippen LogP contribution < -0.4 is 10.6 Å². The molecule has 0 saturated carbocycles. The van der Waals surface area contributed by atoms with Crippen LogP contribution in [0.1, 0.15) is 30.5 Å². The summed E-state index contributed by atoms with van der Waals surface area (Å²) in [7, 11) is 0. The van der Waals surface area contributed by atoms with Crippen LogP contribution in [0, 0.1) is 18.6 Å². The van der Waals surface area contributed by atoms with Gasteiger partial charge in [-0.15, -0.1) is 0 Å². The van der Waals surface area contributed by atoms with Gasteiger partial charge in [0.2, 0.25) is 5.91 Å². The van der Waals surface area contributed by atoms with Crippen LogP contribution in [0.15, 0.2) is 59.9 Å². The van der Waals surface area contributed by atoms with Gasteiger partial charge >= 0.3 is 6.09 Å². The number of hydrogen-bond donors (Lipinski definition) is 3. The van der Waals surface area contributed by atoms with Gasteiger partial charge in [0.05, 0.1) is 0 Å². The van der Waals surface area contributed by atoms with Gasteiger partial charge in [0.15, 0.2) is 11.0 Å². The van der Waals surface area contributed by atoms with Gasteiger partial charge in [-0.2, -0.15) is 0 Å². The summed E-state index contributed by atoms with van der Waals surface area (Å²) >= 11 is 1.32. The highest BCUT2D eigenvalue weighted by molar-refractivity contribution is 7.98. The van der Waals surface area contributed by atoms with Crippen molar-refractivity contribution in [2.45, 2.75) is 37.2 Å². The zero-order chi connectivity index (χ0) is 25.8. The molecule has 8 nitrogen and oxygen atoms in total. The number of imidazole rings is 1. The quantitative estimate of drug-likeness (QED) is 0.253. The first kappa shape index (κ1) is 25.1. The second-order valence-electron chi connectivity index (χ2n) is 8.07. The summed E-state index contributed by atoms with van der Waals surface area (Å²) in [5.74, 6) is -0.435. The Morgan fingerprint density at radius 3 is 2.50 bits per heavy atom. The molecule has 11 heteroatoms. The Kier molecular flexibility index (Phi) is 7.49. The molecule has 0 aliphatic carbocycles. The number of carbonyl (C=O) groups excluding carboxylic acids is 1. The number of benzene rings is 2. The van der Waals surface area contributed by atoms with E-state index in [9.17, 15) is 18.4 Å². The van der Waals surface area contributed by atoms with E-state index in [0.717, 1.165) is 11.1 Å². The second kappa shape index (κ2) is 10.7. The summed E-state index contributed by atoms with van der Waals surface area (Å²) in [6.45, 7) is 3.58. The van der Waals surface area contributed by atoms with E-state index in [1.165, 1.54) is 46.8 Å². The number of aromatic nitrogens is 3. The lowest BCUT2D eigenvalue weighted by Crippen LogP contribution is -2.27. The van der Waals surface area contributed by atoms with Crippen LogP contribution in [0.4, 0.5) is 25.0 Å². The minimum Gasteiger partial charge on any atom is -0.465 e. The zero-order valence-electron chi connectivity index (χ0n) is 19.5. The Balaban J connectivity index is 1.58. The lowest BCUT2D eigenvalue weighted by Gasteiger charge is -2.21. The van der Waals surface area contributed by atoms with Crippen LogP contribution >= 0.6 is 11.8 Å². The molecule has 0 fully saturated rings. The molecule has 2 aliphatic heterocycles. The fraction of sp³-hybridized carbons (Fsp3) is 0.200.